The van der Waals surface area contributed by atoms with E-state index in [0.717, 1.165) is 11.1 Å². The zero-order valence-corrected chi connectivity index (χ0v) is 9.68. The maximum Gasteiger partial charge on any atom is 0.147 e. The fraction of sp³-hybridized carbons (Fsp3) is 0.0714. The van der Waals surface area contributed by atoms with Crippen LogP contribution < -0.4 is 5.73 Å². The maximum atomic E-state index is 13.8. The lowest BCUT2D eigenvalue weighted by atomic mass is 10.2. The van der Waals surface area contributed by atoms with Gasteiger partial charge < -0.3 is 5.73 Å². The predicted molar refractivity (Wildman–Crippen MR) is 68.5 cm³/mol. The molecule has 0 saturated heterocycles. The number of nitrogens with zero attached hydrogens (tertiary/aromatic N) is 2. The molecule has 0 spiro atoms. The van der Waals surface area contributed by atoms with E-state index in [1.165, 1.54) is 6.07 Å². The van der Waals surface area contributed by atoms with Crippen LogP contribution in [-0.2, 0) is 6.54 Å². The van der Waals surface area contributed by atoms with Crippen molar-refractivity contribution in [2.75, 3.05) is 0 Å². The molecule has 4 heteroatoms. The Bertz CT molecular complexity index is 703. The van der Waals surface area contributed by atoms with Gasteiger partial charge in [-0.05, 0) is 23.8 Å². The maximum absolute atomic E-state index is 13.8. The Kier molecular flexibility index (Phi) is 2.57. The second-order valence-electron chi connectivity index (χ2n) is 4.05. The fourth-order valence-corrected chi connectivity index (χ4v) is 2.09. The summed E-state index contributed by atoms with van der Waals surface area (Å²) >= 11 is 0. The summed E-state index contributed by atoms with van der Waals surface area (Å²) in [5.41, 5.74) is 8.08. The number of halogens is 1. The largest absolute Gasteiger partial charge is 0.326 e. The molecule has 2 aromatic heterocycles. The van der Waals surface area contributed by atoms with Crippen LogP contribution >= 0.6 is 0 Å². The standard InChI is InChI=1S/C14H12FN3/c15-12-6-2-1-5-11(12)14-17-9-13-10(8-16)4-3-7-18(13)14/h1-7,9H,8,16H2. The monoisotopic (exact) mass is 241 g/mol. The van der Waals surface area contributed by atoms with Crippen LogP contribution in [0.15, 0.2) is 48.8 Å². The fourth-order valence-electron chi connectivity index (χ4n) is 2.09. The van der Waals surface area contributed by atoms with Crippen LogP contribution in [0.1, 0.15) is 5.56 Å². The quantitative estimate of drug-likeness (QED) is 0.749. The summed E-state index contributed by atoms with van der Waals surface area (Å²) in [4.78, 5) is 4.30. The Morgan fingerprint density at radius 3 is 2.78 bits per heavy atom. The number of hydrogen-bond acceptors (Lipinski definition) is 2. The van der Waals surface area contributed by atoms with Crippen molar-refractivity contribution in [1.82, 2.24) is 9.38 Å². The van der Waals surface area contributed by atoms with Crippen molar-refractivity contribution in [3.8, 4) is 11.4 Å². The van der Waals surface area contributed by atoms with Crippen LogP contribution in [0.3, 0.4) is 0 Å². The van der Waals surface area contributed by atoms with Crippen molar-refractivity contribution in [3.05, 3.63) is 60.2 Å². The van der Waals surface area contributed by atoms with Crippen molar-refractivity contribution in [3.63, 3.8) is 0 Å². The topological polar surface area (TPSA) is 43.3 Å². The summed E-state index contributed by atoms with van der Waals surface area (Å²) in [7, 11) is 0. The van der Waals surface area contributed by atoms with E-state index in [1.54, 1.807) is 24.4 Å². The molecule has 0 aliphatic heterocycles. The minimum absolute atomic E-state index is 0.275. The molecule has 2 heterocycles. The van der Waals surface area contributed by atoms with Crippen LogP contribution in [0.4, 0.5) is 4.39 Å². The molecule has 0 aliphatic rings. The Labute approximate surface area is 104 Å². The van der Waals surface area contributed by atoms with Gasteiger partial charge >= 0.3 is 0 Å². The molecular weight excluding hydrogens is 229 g/mol. The molecule has 0 saturated carbocycles. The first-order valence-corrected chi connectivity index (χ1v) is 5.71. The highest BCUT2D eigenvalue weighted by Gasteiger charge is 2.11. The van der Waals surface area contributed by atoms with E-state index < -0.39 is 0 Å². The normalized spacial score (nSPS) is 11.0. The van der Waals surface area contributed by atoms with Crippen LogP contribution in [0.25, 0.3) is 16.9 Å². The molecule has 0 atom stereocenters. The lowest BCUT2D eigenvalue weighted by Crippen LogP contribution is -1.99. The summed E-state index contributed by atoms with van der Waals surface area (Å²) in [6.45, 7) is 0.437. The summed E-state index contributed by atoms with van der Waals surface area (Å²) in [5.74, 6) is 0.321. The second kappa shape index (κ2) is 4.23. The van der Waals surface area contributed by atoms with Gasteiger partial charge in [-0.15, -0.1) is 0 Å². The molecule has 90 valence electrons. The molecule has 0 aliphatic carbocycles. The SMILES string of the molecule is NCc1cccn2c(-c3ccccc3F)ncc12. The average Bonchev–Trinajstić information content (AvgIpc) is 2.83. The lowest BCUT2D eigenvalue weighted by molar-refractivity contribution is 0.630. The smallest absolute Gasteiger partial charge is 0.147 e. The molecule has 0 radical (unpaired) electrons. The van der Waals surface area contributed by atoms with Gasteiger partial charge in [0.05, 0.1) is 17.3 Å². The average molecular weight is 241 g/mol. The first kappa shape index (κ1) is 10.9. The summed E-state index contributed by atoms with van der Waals surface area (Å²) in [6.07, 6.45) is 3.59. The van der Waals surface area contributed by atoms with Crippen LogP contribution in [0.5, 0.6) is 0 Å². The molecular formula is C14H12FN3. The van der Waals surface area contributed by atoms with Gasteiger partial charge in [0.15, 0.2) is 0 Å². The summed E-state index contributed by atoms with van der Waals surface area (Å²) in [6, 6.07) is 10.5. The van der Waals surface area contributed by atoms with Crippen LogP contribution in [0.2, 0.25) is 0 Å². The number of fused-ring (bicyclic) bond motifs is 1. The summed E-state index contributed by atoms with van der Waals surface area (Å²) in [5, 5.41) is 0. The second-order valence-corrected chi connectivity index (χ2v) is 4.05. The highest BCUT2D eigenvalue weighted by atomic mass is 19.1. The third-order valence-electron chi connectivity index (χ3n) is 2.99. The molecule has 0 unspecified atom stereocenters. The number of benzene rings is 1. The van der Waals surface area contributed by atoms with Gasteiger partial charge in [0.2, 0.25) is 0 Å². The van der Waals surface area contributed by atoms with Crippen molar-refractivity contribution in [2.24, 2.45) is 5.73 Å². The van der Waals surface area contributed by atoms with E-state index >= 15 is 0 Å². The van der Waals surface area contributed by atoms with E-state index in [4.69, 9.17) is 5.73 Å². The van der Waals surface area contributed by atoms with E-state index in [0.29, 0.717) is 17.9 Å². The van der Waals surface area contributed by atoms with Gasteiger partial charge in [-0.1, -0.05) is 18.2 Å². The highest BCUT2D eigenvalue weighted by molar-refractivity contribution is 5.65. The number of pyridine rings is 1. The molecule has 0 fully saturated rings. The Morgan fingerprint density at radius 1 is 1.17 bits per heavy atom. The molecule has 2 N–H and O–H groups in total. The van der Waals surface area contributed by atoms with E-state index in [9.17, 15) is 4.39 Å². The van der Waals surface area contributed by atoms with Crippen molar-refractivity contribution in [1.29, 1.82) is 0 Å². The van der Waals surface area contributed by atoms with Crippen LogP contribution in [-0.4, -0.2) is 9.38 Å². The van der Waals surface area contributed by atoms with Crippen molar-refractivity contribution < 1.29 is 4.39 Å². The number of rotatable bonds is 2. The lowest BCUT2D eigenvalue weighted by Gasteiger charge is -2.04. The predicted octanol–water partition coefficient (Wildman–Crippen LogP) is 2.60. The Morgan fingerprint density at radius 2 is 2.00 bits per heavy atom. The van der Waals surface area contributed by atoms with Crippen molar-refractivity contribution in [2.45, 2.75) is 6.54 Å². The Balaban J connectivity index is 2.29. The zero-order valence-electron chi connectivity index (χ0n) is 9.68. The molecule has 3 rings (SSSR count). The molecule has 18 heavy (non-hydrogen) atoms. The third kappa shape index (κ3) is 1.58. The summed E-state index contributed by atoms with van der Waals surface area (Å²) < 4.78 is 15.6. The highest BCUT2D eigenvalue weighted by Crippen LogP contribution is 2.23. The molecule has 3 nitrogen and oxygen atoms in total. The van der Waals surface area contributed by atoms with Crippen molar-refractivity contribution >= 4 is 5.52 Å². The van der Waals surface area contributed by atoms with Gasteiger partial charge in [-0.25, -0.2) is 9.37 Å². The van der Waals surface area contributed by atoms with E-state index in [-0.39, 0.29) is 5.82 Å². The zero-order chi connectivity index (χ0) is 12.5. The number of hydrogen-bond donors (Lipinski definition) is 1. The van der Waals surface area contributed by atoms with Gasteiger partial charge in [0.25, 0.3) is 0 Å². The first-order valence-electron chi connectivity index (χ1n) is 5.71. The van der Waals surface area contributed by atoms with E-state index in [2.05, 4.69) is 4.98 Å². The van der Waals surface area contributed by atoms with E-state index in [1.807, 2.05) is 22.7 Å². The third-order valence-corrected chi connectivity index (χ3v) is 2.99. The molecule has 3 aromatic rings. The first-order chi connectivity index (χ1) is 8.81. The number of nitrogens with two attached hydrogens (primary N) is 1. The van der Waals surface area contributed by atoms with Gasteiger partial charge in [0, 0.05) is 12.7 Å². The molecule has 1 aromatic carbocycles. The molecule has 0 amide bonds. The Hall–Kier alpha value is -2.20. The number of imidazole rings is 1. The van der Waals surface area contributed by atoms with Gasteiger partial charge in [-0.2, -0.15) is 0 Å². The minimum atomic E-state index is -0.275. The minimum Gasteiger partial charge on any atom is -0.326 e. The number of aromatic nitrogens is 2. The molecule has 0 bridgehead atoms. The van der Waals surface area contributed by atoms with Gasteiger partial charge in [0.1, 0.15) is 11.6 Å². The van der Waals surface area contributed by atoms with Crippen LogP contribution in [0, 0.1) is 5.82 Å². The van der Waals surface area contributed by atoms with Gasteiger partial charge in [-0.3, -0.25) is 4.40 Å².